The summed E-state index contributed by atoms with van der Waals surface area (Å²) >= 11 is 1.52. The van der Waals surface area contributed by atoms with E-state index in [4.69, 9.17) is 4.74 Å². The number of hydrogen-bond acceptors (Lipinski definition) is 4. The molecule has 1 aromatic carbocycles. The molecule has 0 bridgehead atoms. The second kappa shape index (κ2) is 4.63. The van der Waals surface area contributed by atoms with Crippen LogP contribution in [0.25, 0.3) is 10.1 Å². The number of benzene rings is 1. The Balaban J connectivity index is 1.76. The minimum Gasteiger partial charge on any atom is -0.473 e. The van der Waals surface area contributed by atoms with E-state index >= 15 is 0 Å². The fraction of sp³-hybridized carbons (Fsp3) is 0.462. The molecule has 3 rings (SSSR count). The van der Waals surface area contributed by atoms with Crippen LogP contribution >= 0.6 is 11.5 Å². The average Bonchev–Trinajstić information content (AvgIpc) is 2.76. The molecule has 0 amide bonds. The van der Waals surface area contributed by atoms with Gasteiger partial charge in [0.05, 0.1) is 10.1 Å². The van der Waals surface area contributed by atoms with E-state index in [2.05, 4.69) is 28.5 Å². The molecule has 1 aromatic heterocycles. The topological polar surface area (TPSA) is 25.4 Å². The highest BCUT2D eigenvalue weighted by molar-refractivity contribution is 7.13. The Kier molecular flexibility index (Phi) is 2.99. The second-order valence-electron chi connectivity index (χ2n) is 4.60. The van der Waals surface area contributed by atoms with Gasteiger partial charge in [-0.05, 0) is 43.6 Å². The summed E-state index contributed by atoms with van der Waals surface area (Å²) < 4.78 is 11.6. The minimum absolute atomic E-state index is 0.330. The first-order valence-electron chi connectivity index (χ1n) is 6.02. The molecule has 0 atom stereocenters. The Morgan fingerprint density at radius 1 is 1.29 bits per heavy atom. The van der Waals surface area contributed by atoms with Crippen LogP contribution in [0.1, 0.15) is 12.8 Å². The maximum absolute atomic E-state index is 6.03. The van der Waals surface area contributed by atoms with E-state index in [-0.39, 0.29) is 0 Å². The lowest BCUT2D eigenvalue weighted by molar-refractivity contribution is 0.112. The third-order valence-corrected chi connectivity index (χ3v) is 4.10. The molecular weight excluding hydrogens is 232 g/mol. The first-order valence-corrected chi connectivity index (χ1v) is 6.80. The van der Waals surface area contributed by atoms with E-state index in [9.17, 15) is 0 Å². The van der Waals surface area contributed by atoms with Crippen LogP contribution in [-0.4, -0.2) is 35.5 Å². The van der Waals surface area contributed by atoms with Crippen molar-refractivity contribution in [2.45, 2.75) is 18.9 Å². The molecule has 2 heterocycles. The molecule has 0 unspecified atom stereocenters. The first-order chi connectivity index (χ1) is 8.33. The van der Waals surface area contributed by atoms with Crippen molar-refractivity contribution in [3.8, 4) is 5.88 Å². The van der Waals surface area contributed by atoms with Gasteiger partial charge in [0.15, 0.2) is 0 Å². The molecular formula is C13H16N2OS. The van der Waals surface area contributed by atoms with E-state index in [1.54, 1.807) is 0 Å². The standard InChI is InChI=1S/C13H16N2OS/c1-15-8-6-10(7-9-15)16-13-11-4-2-3-5-12(11)17-14-13/h2-5,10H,6-9H2,1H3. The Labute approximate surface area is 105 Å². The SMILES string of the molecule is CN1CCC(Oc2nsc3ccccc23)CC1. The largest absolute Gasteiger partial charge is 0.473 e. The van der Waals surface area contributed by atoms with Crippen molar-refractivity contribution in [3.63, 3.8) is 0 Å². The van der Waals surface area contributed by atoms with Gasteiger partial charge < -0.3 is 9.64 Å². The highest BCUT2D eigenvalue weighted by Crippen LogP contribution is 2.30. The van der Waals surface area contributed by atoms with Crippen molar-refractivity contribution in [1.29, 1.82) is 0 Å². The van der Waals surface area contributed by atoms with Crippen LogP contribution in [0.3, 0.4) is 0 Å². The third kappa shape index (κ3) is 2.28. The summed E-state index contributed by atoms with van der Waals surface area (Å²) in [5.74, 6) is 0.820. The van der Waals surface area contributed by atoms with Crippen molar-refractivity contribution in [3.05, 3.63) is 24.3 Å². The van der Waals surface area contributed by atoms with Gasteiger partial charge >= 0.3 is 0 Å². The molecule has 0 spiro atoms. The molecule has 0 radical (unpaired) electrons. The van der Waals surface area contributed by atoms with Crippen LogP contribution in [0, 0.1) is 0 Å². The first kappa shape index (κ1) is 11.0. The van der Waals surface area contributed by atoms with Crippen LogP contribution in [-0.2, 0) is 0 Å². The van der Waals surface area contributed by atoms with Crippen LogP contribution in [0.4, 0.5) is 0 Å². The van der Waals surface area contributed by atoms with Gasteiger partial charge in [-0.2, -0.15) is 4.37 Å². The van der Waals surface area contributed by atoms with Crippen molar-refractivity contribution < 1.29 is 4.74 Å². The number of piperidine rings is 1. The Hall–Kier alpha value is -1.13. The summed E-state index contributed by atoms with van der Waals surface area (Å²) in [5, 5.41) is 1.15. The summed E-state index contributed by atoms with van der Waals surface area (Å²) in [6.07, 6.45) is 2.53. The normalized spacial score (nSPS) is 18.6. The molecule has 1 aliphatic rings. The van der Waals surface area contributed by atoms with Gasteiger partial charge in [0.25, 0.3) is 0 Å². The average molecular weight is 248 g/mol. The number of aromatic nitrogens is 1. The smallest absolute Gasteiger partial charge is 0.233 e. The quantitative estimate of drug-likeness (QED) is 0.817. The molecule has 1 saturated heterocycles. The zero-order valence-electron chi connectivity index (χ0n) is 9.93. The molecule has 1 aliphatic heterocycles. The predicted octanol–water partition coefficient (Wildman–Crippen LogP) is 2.77. The van der Waals surface area contributed by atoms with Gasteiger partial charge in [0, 0.05) is 13.1 Å². The monoisotopic (exact) mass is 248 g/mol. The second-order valence-corrected chi connectivity index (χ2v) is 5.41. The van der Waals surface area contributed by atoms with Crippen molar-refractivity contribution in [1.82, 2.24) is 9.27 Å². The molecule has 17 heavy (non-hydrogen) atoms. The lowest BCUT2D eigenvalue weighted by Gasteiger charge is -2.28. The summed E-state index contributed by atoms with van der Waals surface area (Å²) in [7, 11) is 2.16. The van der Waals surface area contributed by atoms with E-state index < -0.39 is 0 Å². The zero-order valence-corrected chi connectivity index (χ0v) is 10.7. The van der Waals surface area contributed by atoms with Crippen LogP contribution < -0.4 is 4.74 Å². The van der Waals surface area contributed by atoms with E-state index in [1.165, 1.54) is 16.2 Å². The van der Waals surface area contributed by atoms with Crippen LogP contribution in [0.5, 0.6) is 5.88 Å². The molecule has 1 fully saturated rings. The fourth-order valence-corrected chi connectivity index (χ4v) is 2.92. The van der Waals surface area contributed by atoms with Crippen LogP contribution in [0.15, 0.2) is 24.3 Å². The maximum atomic E-state index is 6.03. The molecule has 0 N–H and O–H groups in total. The Morgan fingerprint density at radius 2 is 2.06 bits per heavy atom. The summed E-state index contributed by atoms with van der Waals surface area (Å²) in [4.78, 5) is 2.35. The predicted molar refractivity (Wildman–Crippen MR) is 70.8 cm³/mol. The minimum atomic E-state index is 0.330. The van der Waals surface area contributed by atoms with Gasteiger partial charge in [-0.3, -0.25) is 0 Å². The van der Waals surface area contributed by atoms with Gasteiger partial charge in [-0.15, -0.1) is 0 Å². The van der Waals surface area contributed by atoms with Gasteiger partial charge in [0.2, 0.25) is 5.88 Å². The molecule has 90 valence electrons. The molecule has 3 nitrogen and oxygen atoms in total. The Morgan fingerprint density at radius 3 is 2.88 bits per heavy atom. The number of likely N-dealkylation sites (tertiary alicyclic amines) is 1. The molecule has 2 aromatic rings. The summed E-state index contributed by atoms with van der Waals surface area (Å²) in [5.41, 5.74) is 0. The number of rotatable bonds is 2. The van der Waals surface area contributed by atoms with Crippen molar-refractivity contribution in [2.24, 2.45) is 0 Å². The van der Waals surface area contributed by atoms with Crippen molar-refractivity contribution in [2.75, 3.05) is 20.1 Å². The van der Waals surface area contributed by atoms with Gasteiger partial charge in [-0.25, -0.2) is 0 Å². The van der Waals surface area contributed by atoms with Crippen LogP contribution in [0.2, 0.25) is 0 Å². The highest BCUT2D eigenvalue weighted by Gasteiger charge is 2.19. The number of hydrogen-bond donors (Lipinski definition) is 0. The fourth-order valence-electron chi connectivity index (χ4n) is 2.21. The number of nitrogens with zero attached hydrogens (tertiary/aromatic N) is 2. The van der Waals surface area contributed by atoms with Gasteiger partial charge in [-0.1, -0.05) is 12.1 Å². The Bertz CT molecular complexity index is 503. The lowest BCUT2D eigenvalue weighted by Crippen LogP contribution is -2.35. The van der Waals surface area contributed by atoms with E-state index in [0.717, 1.165) is 37.2 Å². The highest BCUT2D eigenvalue weighted by atomic mass is 32.1. The van der Waals surface area contributed by atoms with Crippen molar-refractivity contribution >= 4 is 21.6 Å². The number of ether oxygens (including phenoxy) is 1. The molecule has 0 saturated carbocycles. The maximum Gasteiger partial charge on any atom is 0.233 e. The zero-order chi connectivity index (χ0) is 11.7. The van der Waals surface area contributed by atoms with Gasteiger partial charge in [0.1, 0.15) is 6.10 Å². The number of fused-ring (bicyclic) bond motifs is 1. The molecule has 0 aliphatic carbocycles. The molecule has 4 heteroatoms. The van der Waals surface area contributed by atoms with E-state index in [1.807, 2.05) is 12.1 Å². The third-order valence-electron chi connectivity index (χ3n) is 3.29. The van der Waals surface area contributed by atoms with E-state index in [0.29, 0.717) is 6.10 Å². The summed E-state index contributed by atoms with van der Waals surface area (Å²) in [6, 6.07) is 8.26. The lowest BCUT2D eigenvalue weighted by atomic mass is 10.1. The summed E-state index contributed by atoms with van der Waals surface area (Å²) in [6.45, 7) is 2.24.